The van der Waals surface area contributed by atoms with Crippen molar-refractivity contribution < 1.29 is 5.11 Å². The fourth-order valence-electron chi connectivity index (χ4n) is 1.33. The van der Waals surface area contributed by atoms with Crippen molar-refractivity contribution in [3.63, 3.8) is 0 Å². The summed E-state index contributed by atoms with van der Waals surface area (Å²) in [6, 6.07) is 3.89. The van der Waals surface area contributed by atoms with Crippen LogP contribution >= 0.6 is 0 Å². The largest absolute Gasteiger partial charge is 0.388 e. The molecule has 2 nitrogen and oxygen atoms in total. The van der Waals surface area contributed by atoms with E-state index in [1.807, 2.05) is 19.1 Å². The van der Waals surface area contributed by atoms with Crippen molar-refractivity contribution in [3.05, 3.63) is 29.6 Å². The zero-order chi connectivity index (χ0) is 10.6. The van der Waals surface area contributed by atoms with Gasteiger partial charge >= 0.3 is 0 Å². The van der Waals surface area contributed by atoms with Crippen LogP contribution in [0.25, 0.3) is 0 Å². The lowest BCUT2D eigenvalue weighted by atomic mass is 10.0. The third-order valence-corrected chi connectivity index (χ3v) is 2.34. The molecule has 0 aromatic carbocycles. The maximum Gasteiger partial charge on any atom is 0.0805 e. The smallest absolute Gasteiger partial charge is 0.0805 e. The second kappa shape index (κ2) is 5.11. The third-order valence-electron chi connectivity index (χ3n) is 2.34. The number of hydrogen-bond acceptors (Lipinski definition) is 2. The molecular formula is C12H19NO. The third kappa shape index (κ3) is 3.46. The first-order valence-corrected chi connectivity index (χ1v) is 5.20. The number of aromatic nitrogens is 1. The Labute approximate surface area is 86.0 Å². The average molecular weight is 193 g/mol. The molecule has 1 N–H and O–H groups in total. The SMILES string of the molecule is Cc1ccc(C(O)CCC(C)C)cn1. The van der Waals surface area contributed by atoms with E-state index in [0.29, 0.717) is 5.92 Å². The van der Waals surface area contributed by atoms with E-state index in [1.165, 1.54) is 0 Å². The van der Waals surface area contributed by atoms with Crippen LogP contribution in [0.2, 0.25) is 0 Å². The van der Waals surface area contributed by atoms with Gasteiger partial charge in [0.05, 0.1) is 6.10 Å². The Morgan fingerprint density at radius 2 is 2.00 bits per heavy atom. The molecule has 0 fully saturated rings. The van der Waals surface area contributed by atoms with Crippen molar-refractivity contribution in [2.75, 3.05) is 0 Å². The van der Waals surface area contributed by atoms with E-state index in [2.05, 4.69) is 18.8 Å². The van der Waals surface area contributed by atoms with Gasteiger partial charge in [-0.3, -0.25) is 4.98 Å². The van der Waals surface area contributed by atoms with Crippen LogP contribution in [0.15, 0.2) is 18.3 Å². The minimum Gasteiger partial charge on any atom is -0.388 e. The molecule has 1 heterocycles. The Morgan fingerprint density at radius 1 is 1.29 bits per heavy atom. The molecule has 0 bridgehead atoms. The van der Waals surface area contributed by atoms with E-state index in [1.54, 1.807) is 6.20 Å². The molecule has 0 saturated heterocycles. The van der Waals surface area contributed by atoms with Crippen LogP contribution in [0, 0.1) is 12.8 Å². The van der Waals surface area contributed by atoms with Gasteiger partial charge in [0.25, 0.3) is 0 Å². The van der Waals surface area contributed by atoms with Crippen molar-refractivity contribution in [1.29, 1.82) is 0 Å². The van der Waals surface area contributed by atoms with Gasteiger partial charge < -0.3 is 5.11 Å². The Morgan fingerprint density at radius 3 is 2.50 bits per heavy atom. The molecule has 0 amide bonds. The van der Waals surface area contributed by atoms with E-state index >= 15 is 0 Å². The van der Waals surface area contributed by atoms with Crippen LogP contribution in [0.4, 0.5) is 0 Å². The quantitative estimate of drug-likeness (QED) is 0.797. The van der Waals surface area contributed by atoms with Gasteiger partial charge in [-0.25, -0.2) is 0 Å². The monoisotopic (exact) mass is 193 g/mol. The average Bonchev–Trinajstić information content (AvgIpc) is 2.15. The van der Waals surface area contributed by atoms with Crippen molar-refractivity contribution in [1.82, 2.24) is 4.98 Å². The standard InChI is InChI=1S/C12H19NO/c1-9(2)4-7-12(14)11-6-5-10(3)13-8-11/h5-6,8-9,12,14H,4,7H2,1-3H3. The van der Waals surface area contributed by atoms with Gasteiger partial charge in [0, 0.05) is 11.9 Å². The second-order valence-corrected chi connectivity index (χ2v) is 4.22. The van der Waals surface area contributed by atoms with Gasteiger partial charge in [-0.1, -0.05) is 19.9 Å². The molecule has 0 aliphatic carbocycles. The lowest BCUT2D eigenvalue weighted by Gasteiger charge is -2.11. The van der Waals surface area contributed by atoms with Crippen LogP contribution in [-0.4, -0.2) is 10.1 Å². The number of rotatable bonds is 4. The minimum atomic E-state index is -0.356. The second-order valence-electron chi connectivity index (χ2n) is 4.22. The molecule has 0 aliphatic rings. The molecule has 0 radical (unpaired) electrons. The van der Waals surface area contributed by atoms with E-state index in [-0.39, 0.29) is 6.10 Å². The molecule has 0 spiro atoms. The van der Waals surface area contributed by atoms with Crippen molar-refractivity contribution in [2.24, 2.45) is 5.92 Å². The van der Waals surface area contributed by atoms with Gasteiger partial charge in [0.2, 0.25) is 0 Å². The lowest BCUT2D eigenvalue weighted by Crippen LogP contribution is -2.00. The Hall–Kier alpha value is -0.890. The first-order chi connectivity index (χ1) is 6.59. The topological polar surface area (TPSA) is 33.1 Å². The normalized spacial score (nSPS) is 13.2. The van der Waals surface area contributed by atoms with Crippen molar-refractivity contribution >= 4 is 0 Å². The molecule has 1 rings (SSSR count). The van der Waals surface area contributed by atoms with Gasteiger partial charge in [-0.15, -0.1) is 0 Å². The fourth-order valence-corrected chi connectivity index (χ4v) is 1.33. The van der Waals surface area contributed by atoms with E-state index in [0.717, 1.165) is 24.1 Å². The number of nitrogens with zero attached hydrogens (tertiary/aromatic N) is 1. The minimum absolute atomic E-state index is 0.356. The molecule has 1 unspecified atom stereocenters. The number of aryl methyl sites for hydroxylation is 1. The first kappa shape index (κ1) is 11.2. The van der Waals surface area contributed by atoms with Gasteiger partial charge in [0.15, 0.2) is 0 Å². The Bertz CT molecular complexity index is 266. The molecule has 2 heteroatoms. The number of pyridine rings is 1. The molecule has 0 saturated carbocycles. The summed E-state index contributed by atoms with van der Waals surface area (Å²) >= 11 is 0. The summed E-state index contributed by atoms with van der Waals surface area (Å²) < 4.78 is 0. The number of hydrogen-bond donors (Lipinski definition) is 1. The van der Waals surface area contributed by atoms with Gasteiger partial charge in [0.1, 0.15) is 0 Å². The van der Waals surface area contributed by atoms with Crippen LogP contribution in [0.3, 0.4) is 0 Å². The van der Waals surface area contributed by atoms with Gasteiger partial charge in [-0.05, 0) is 37.3 Å². The highest BCUT2D eigenvalue weighted by Crippen LogP contribution is 2.19. The van der Waals surface area contributed by atoms with Gasteiger partial charge in [-0.2, -0.15) is 0 Å². The predicted octanol–water partition coefficient (Wildman–Crippen LogP) is 2.86. The molecule has 14 heavy (non-hydrogen) atoms. The van der Waals surface area contributed by atoms with E-state index in [9.17, 15) is 5.11 Å². The maximum absolute atomic E-state index is 9.82. The summed E-state index contributed by atoms with van der Waals surface area (Å²) in [6.45, 7) is 6.28. The molecule has 1 aromatic rings. The zero-order valence-corrected chi connectivity index (χ0v) is 9.20. The van der Waals surface area contributed by atoms with E-state index in [4.69, 9.17) is 0 Å². The van der Waals surface area contributed by atoms with Crippen LogP contribution in [0.1, 0.15) is 44.1 Å². The summed E-state index contributed by atoms with van der Waals surface area (Å²) in [5.74, 6) is 0.642. The maximum atomic E-state index is 9.82. The molecule has 78 valence electrons. The van der Waals surface area contributed by atoms with Crippen molar-refractivity contribution in [2.45, 2.75) is 39.7 Å². The first-order valence-electron chi connectivity index (χ1n) is 5.20. The summed E-state index contributed by atoms with van der Waals surface area (Å²) in [6.07, 6.45) is 3.28. The van der Waals surface area contributed by atoms with Crippen LogP contribution in [-0.2, 0) is 0 Å². The zero-order valence-electron chi connectivity index (χ0n) is 9.20. The number of aliphatic hydroxyl groups excluding tert-OH is 1. The molecule has 1 aromatic heterocycles. The summed E-state index contributed by atoms with van der Waals surface area (Å²) in [5.41, 5.74) is 1.92. The highest BCUT2D eigenvalue weighted by atomic mass is 16.3. The summed E-state index contributed by atoms with van der Waals surface area (Å²) in [7, 11) is 0. The van der Waals surface area contributed by atoms with Crippen LogP contribution < -0.4 is 0 Å². The predicted molar refractivity (Wildman–Crippen MR) is 58.0 cm³/mol. The fraction of sp³-hybridized carbons (Fsp3) is 0.583. The molecular weight excluding hydrogens is 174 g/mol. The number of aliphatic hydroxyl groups is 1. The summed E-state index contributed by atoms with van der Waals surface area (Å²) in [5, 5.41) is 9.82. The highest BCUT2D eigenvalue weighted by Gasteiger charge is 2.08. The lowest BCUT2D eigenvalue weighted by molar-refractivity contribution is 0.159. The Balaban J connectivity index is 2.52. The highest BCUT2D eigenvalue weighted by molar-refractivity contribution is 5.15. The van der Waals surface area contributed by atoms with Crippen molar-refractivity contribution in [3.8, 4) is 0 Å². The Kier molecular flexibility index (Phi) is 4.08. The molecule has 0 aliphatic heterocycles. The summed E-state index contributed by atoms with van der Waals surface area (Å²) in [4.78, 5) is 4.17. The van der Waals surface area contributed by atoms with E-state index < -0.39 is 0 Å². The van der Waals surface area contributed by atoms with Crippen LogP contribution in [0.5, 0.6) is 0 Å². The molecule has 1 atom stereocenters.